The molecule has 4 heteroatoms. The Morgan fingerprint density at radius 2 is 1.70 bits per heavy atom. The van der Waals surface area contributed by atoms with E-state index in [9.17, 15) is 4.79 Å². The number of carbonyl (C=O) groups is 1. The highest BCUT2D eigenvalue weighted by atomic mass is 16.5. The fourth-order valence-electron chi connectivity index (χ4n) is 2.59. The van der Waals surface area contributed by atoms with E-state index in [2.05, 4.69) is 5.32 Å². The molecule has 1 N–H and O–H groups in total. The van der Waals surface area contributed by atoms with Crippen molar-refractivity contribution in [2.24, 2.45) is 0 Å². The second kappa shape index (κ2) is 7.68. The molecule has 0 saturated heterocycles. The van der Waals surface area contributed by atoms with Crippen molar-refractivity contribution in [2.45, 2.75) is 26.2 Å². The topological polar surface area (TPSA) is 47.6 Å². The molecule has 23 heavy (non-hydrogen) atoms. The molecule has 2 rings (SSSR count). The molecule has 0 aliphatic heterocycles. The van der Waals surface area contributed by atoms with Crippen LogP contribution >= 0.6 is 0 Å². The lowest BCUT2D eigenvalue weighted by molar-refractivity contribution is -0.117. The van der Waals surface area contributed by atoms with Gasteiger partial charge in [-0.3, -0.25) is 4.79 Å². The Balaban J connectivity index is 2.25. The lowest BCUT2D eigenvalue weighted by Crippen LogP contribution is -2.21. The minimum atomic E-state index is -0.177. The van der Waals surface area contributed by atoms with Crippen LogP contribution in [0.1, 0.15) is 30.4 Å². The number of methoxy groups -OCH3 is 2. The normalized spacial score (nSPS) is 11.7. The van der Waals surface area contributed by atoms with Gasteiger partial charge in [0, 0.05) is 11.8 Å². The molecule has 122 valence electrons. The van der Waals surface area contributed by atoms with Crippen LogP contribution in [0.5, 0.6) is 11.5 Å². The van der Waals surface area contributed by atoms with Crippen LogP contribution in [0.4, 0.5) is 5.69 Å². The van der Waals surface area contributed by atoms with Crippen LogP contribution in [0.25, 0.3) is 0 Å². The summed E-state index contributed by atoms with van der Waals surface area (Å²) in [5.41, 5.74) is 2.69. The van der Waals surface area contributed by atoms with Gasteiger partial charge in [-0.15, -0.1) is 0 Å². The highest BCUT2D eigenvalue weighted by molar-refractivity contribution is 5.96. The van der Waals surface area contributed by atoms with E-state index >= 15 is 0 Å². The molecule has 4 nitrogen and oxygen atoms in total. The highest BCUT2D eigenvalue weighted by Gasteiger charge is 2.20. The number of nitrogens with one attached hydrogen (secondary N) is 1. The zero-order valence-corrected chi connectivity index (χ0v) is 14.1. The molecule has 0 fully saturated rings. The molecule has 0 spiro atoms. The third kappa shape index (κ3) is 3.83. The number of hydrogen-bond acceptors (Lipinski definition) is 3. The predicted molar refractivity (Wildman–Crippen MR) is 92.4 cm³/mol. The van der Waals surface area contributed by atoms with Gasteiger partial charge in [0.25, 0.3) is 0 Å². The molecule has 0 heterocycles. The Kier molecular flexibility index (Phi) is 5.63. The van der Waals surface area contributed by atoms with Gasteiger partial charge in [0.15, 0.2) is 11.5 Å². The molecular weight excluding hydrogens is 290 g/mol. The van der Waals surface area contributed by atoms with Crippen LogP contribution in [-0.2, 0) is 4.79 Å². The summed E-state index contributed by atoms with van der Waals surface area (Å²) in [6.07, 6.45) is 0.738. The van der Waals surface area contributed by atoms with Crippen LogP contribution < -0.4 is 14.8 Å². The van der Waals surface area contributed by atoms with E-state index in [0.717, 1.165) is 23.2 Å². The van der Waals surface area contributed by atoms with Gasteiger partial charge in [-0.2, -0.15) is 0 Å². The summed E-state index contributed by atoms with van der Waals surface area (Å²) in [5, 5.41) is 3.01. The first-order valence-corrected chi connectivity index (χ1v) is 7.69. The number of ether oxygens (including phenoxy) is 2. The largest absolute Gasteiger partial charge is 0.493 e. The van der Waals surface area contributed by atoms with E-state index in [0.29, 0.717) is 11.5 Å². The van der Waals surface area contributed by atoms with E-state index in [4.69, 9.17) is 9.47 Å². The summed E-state index contributed by atoms with van der Waals surface area (Å²) < 4.78 is 10.6. The lowest BCUT2D eigenvalue weighted by atomic mass is 9.95. The molecule has 2 aromatic rings. The average Bonchev–Trinajstić information content (AvgIpc) is 2.58. The molecule has 1 amide bonds. The van der Waals surface area contributed by atoms with Crippen molar-refractivity contribution in [1.82, 2.24) is 0 Å². The van der Waals surface area contributed by atoms with E-state index < -0.39 is 0 Å². The maximum atomic E-state index is 12.7. The predicted octanol–water partition coefficient (Wildman–Crippen LogP) is 4.14. The molecular formula is C19H23NO3. The van der Waals surface area contributed by atoms with Crippen molar-refractivity contribution in [3.63, 3.8) is 0 Å². The van der Waals surface area contributed by atoms with Gasteiger partial charge in [-0.05, 0) is 30.5 Å². The molecule has 0 saturated carbocycles. The molecule has 0 bridgehead atoms. The molecule has 0 radical (unpaired) electrons. The van der Waals surface area contributed by atoms with Gasteiger partial charge in [0.2, 0.25) is 5.91 Å². The van der Waals surface area contributed by atoms with Crippen molar-refractivity contribution in [1.29, 1.82) is 0 Å². The number of hydrogen-bond donors (Lipinski definition) is 1. The van der Waals surface area contributed by atoms with E-state index in [1.54, 1.807) is 20.3 Å². The molecule has 1 atom stereocenters. The summed E-state index contributed by atoms with van der Waals surface area (Å²) in [4.78, 5) is 12.7. The summed E-state index contributed by atoms with van der Waals surface area (Å²) >= 11 is 0. The zero-order valence-electron chi connectivity index (χ0n) is 14.1. The second-order valence-corrected chi connectivity index (χ2v) is 5.38. The zero-order chi connectivity index (χ0) is 16.8. The number of amides is 1. The van der Waals surface area contributed by atoms with Crippen LogP contribution in [0, 0.1) is 6.92 Å². The fourth-order valence-corrected chi connectivity index (χ4v) is 2.59. The summed E-state index contributed by atoms with van der Waals surface area (Å²) in [6, 6.07) is 13.5. The standard InChI is InChI=1S/C19H23NO3/c1-5-15(14-9-7-6-8-10-14)19(21)20-16-12-18(23-4)17(22-3)11-13(16)2/h6-12,15H,5H2,1-4H3,(H,20,21)/t15-/m1/s1. The van der Waals surface area contributed by atoms with Crippen molar-refractivity contribution >= 4 is 11.6 Å². The molecule has 0 unspecified atom stereocenters. The summed E-state index contributed by atoms with van der Waals surface area (Å²) in [5.74, 6) is 1.05. The van der Waals surface area contributed by atoms with Crippen LogP contribution in [-0.4, -0.2) is 20.1 Å². The number of rotatable bonds is 6. The van der Waals surface area contributed by atoms with E-state index in [1.165, 1.54) is 0 Å². The SMILES string of the molecule is CC[C@@H](C(=O)Nc1cc(OC)c(OC)cc1C)c1ccccc1. The number of aryl methyl sites for hydroxylation is 1. The van der Waals surface area contributed by atoms with Crippen LogP contribution in [0.2, 0.25) is 0 Å². The minimum absolute atomic E-state index is 0.0194. The highest BCUT2D eigenvalue weighted by Crippen LogP contribution is 2.33. The Morgan fingerprint density at radius 3 is 2.26 bits per heavy atom. The van der Waals surface area contributed by atoms with Gasteiger partial charge < -0.3 is 14.8 Å². The quantitative estimate of drug-likeness (QED) is 0.871. The second-order valence-electron chi connectivity index (χ2n) is 5.38. The van der Waals surface area contributed by atoms with E-state index in [-0.39, 0.29) is 11.8 Å². The van der Waals surface area contributed by atoms with Gasteiger partial charge >= 0.3 is 0 Å². The Hall–Kier alpha value is -2.49. The van der Waals surface area contributed by atoms with Gasteiger partial charge in [-0.25, -0.2) is 0 Å². The number of benzene rings is 2. The maximum Gasteiger partial charge on any atom is 0.231 e. The number of anilines is 1. The monoisotopic (exact) mass is 313 g/mol. The van der Waals surface area contributed by atoms with Gasteiger partial charge in [0.05, 0.1) is 20.1 Å². The lowest BCUT2D eigenvalue weighted by Gasteiger charge is -2.18. The Bertz CT molecular complexity index is 668. The van der Waals surface area contributed by atoms with Crippen molar-refractivity contribution in [2.75, 3.05) is 19.5 Å². The first-order valence-electron chi connectivity index (χ1n) is 7.69. The van der Waals surface area contributed by atoms with Crippen molar-refractivity contribution in [3.05, 3.63) is 53.6 Å². The number of carbonyl (C=O) groups excluding carboxylic acids is 1. The maximum absolute atomic E-state index is 12.7. The summed E-state index contributed by atoms with van der Waals surface area (Å²) in [7, 11) is 3.18. The Morgan fingerprint density at radius 1 is 1.09 bits per heavy atom. The molecule has 0 aliphatic carbocycles. The third-order valence-corrected chi connectivity index (χ3v) is 3.92. The molecule has 2 aromatic carbocycles. The first-order chi connectivity index (χ1) is 11.1. The smallest absolute Gasteiger partial charge is 0.231 e. The van der Waals surface area contributed by atoms with Crippen molar-refractivity contribution in [3.8, 4) is 11.5 Å². The van der Waals surface area contributed by atoms with Crippen LogP contribution in [0.15, 0.2) is 42.5 Å². The molecule has 0 aliphatic rings. The molecule has 0 aromatic heterocycles. The fraction of sp³-hybridized carbons (Fsp3) is 0.316. The first kappa shape index (κ1) is 16.9. The van der Waals surface area contributed by atoms with Crippen molar-refractivity contribution < 1.29 is 14.3 Å². The van der Waals surface area contributed by atoms with Crippen LogP contribution in [0.3, 0.4) is 0 Å². The van der Waals surface area contributed by atoms with Gasteiger partial charge in [0.1, 0.15) is 0 Å². The third-order valence-electron chi connectivity index (χ3n) is 3.92. The average molecular weight is 313 g/mol. The summed E-state index contributed by atoms with van der Waals surface area (Å²) in [6.45, 7) is 3.94. The van der Waals surface area contributed by atoms with E-state index in [1.807, 2.05) is 50.2 Å². The van der Waals surface area contributed by atoms with Gasteiger partial charge in [-0.1, -0.05) is 37.3 Å². The minimum Gasteiger partial charge on any atom is -0.493 e. The Labute approximate surface area is 137 Å².